The molecule has 0 aromatic heterocycles. The summed E-state index contributed by atoms with van der Waals surface area (Å²) >= 11 is 17.4. The molecule has 1 rings (SSSR count). The number of hydrogen-bond donors (Lipinski definition) is 0. The van der Waals surface area contributed by atoms with Crippen molar-refractivity contribution in [3.63, 3.8) is 0 Å². The van der Waals surface area contributed by atoms with Crippen LogP contribution in [0.4, 0.5) is 0 Å². The Kier molecular flexibility index (Phi) is 5.20. The van der Waals surface area contributed by atoms with Crippen LogP contribution in [-0.2, 0) is 6.42 Å². The monoisotopic (exact) mass is 278 g/mol. The van der Waals surface area contributed by atoms with Crippen molar-refractivity contribution in [1.82, 2.24) is 0 Å². The van der Waals surface area contributed by atoms with Crippen molar-refractivity contribution >= 4 is 45.3 Å². The van der Waals surface area contributed by atoms with Gasteiger partial charge in [-0.2, -0.15) is 0 Å². The maximum absolute atomic E-state index is 5.80. The van der Waals surface area contributed by atoms with E-state index < -0.39 is 6.00 Å². The van der Waals surface area contributed by atoms with Gasteiger partial charge in [-0.05, 0) is 30.0 Å². The van der Waals surface area contributed by atoms with E-state index in [4.69, 9.17) is 33.2 Å². The molecule has 4 heteroatoms. The minimum atomic E-state index is -2.43. The molecule has 1 aromatic rings. The number of benzene rings is 1. The standard InChI is InChI=1S/C11H13Cl3Si/c1-2-10-5-7-11(8-6-10)4-3-9-15(12,13)14/h2,5-8H,1,3-4,9H2. The summed E-state index contributed by atoms with van der Waals surface area (Å²) in [7, 11) is 0. The van der Waals surface area contributed by atoms with Gasteiger partial charge in [-0.25, -0.2) is 0 Å². The highest BCUT2D eigenvalue weighted by Crippen LogP contribution is 2.27. The molecular formula is C11H13Cl3Si. The molecule has 0 bridgehead atoms. The molecule has 0 nitrogen and oxygen atoms in total. The third kappa shape index (κ3) is 5.62. The van der Waals surface area contributed by atoms with Gasteiger partial charge in [0, 0.05) is 0 Å². The lowest BCUT2D eigenvalue weighted by Gasteiger charge is -2.07. The first-order chi connectivity index (χ1) is 7.01. The average molecular weight is 280 g/mol. The van der Waals surface area contributed by atoms with Gasteiger partial charge in [-0.1, -0.05) is 36.9 Å². The molecule has 0 aliphatic carbocycles. The molecule has 0 radical (unpaired) electrons. The molecule has 0 unspecified atom stereocenters. The molecule has 0 aliphatic rings. The van der Waals surface area contributed by atoms with E-state index >= 15 is 0 Å². The lowest BCUT2D eigenvalue weighted by atomic mass is 10.1. The van der Waals surface area contributed by atoms with Crippen LogP contribution in [-0.4, -0.2) is 6.00 Å². The second kappa shape index (κ2) is 5.95. The number of hydrogen-bond acceptors (Lipinski definition) is 0. The van der Waals surface area contributed by atoms with E-state index in [2.05, 4.69) is 30.8 Å². The van der Waals surface area contributed by atoms with Crippen molar-refractivity contribution in [2.75, 3.05) is 0 Å². The van der Waals surface area contributed by atoms with Gasteiger partial charge in [-0.3, -0.25) is 0 Å². The van der Waals surface area contributed by atoms with Gasteiger partial charge in [0.1, 0.15) is 0 Å². The lowest BCUT2D eigenvalue weighted by Crippen LogP contribution is -2.08. The fraction of sp³-hybridized carbons (Fsp3) is 0.273. The molecule has 0 fully saturated rings. The number of halogens is 3. The van der Waals surface area contributed by atoms with E-state index in [0.29, 0.717) is 0 Å². The lowest BCUT2D eigenvalue weighted by molar-refractivity contribution is 0.914. The Morgan fingerprint density at radius 1 is 1.13 bits per heavy atom. The van der Waals surface area contributed by atoms with E-state index in [1.165, 1.54) is 5.56 Å². The summed E-state index contributed by atoms with van der Waals surface area (Å²) in [5.41, 5.74) is 2.42. The van der Waals surface area contributed by atoms with Crippen molar-refractivity contribution in [2.24, 2.45) is 0 Å². The van der Waals surface area contributed by atoms with Gasteiger partial charge in [0.25, 0.3) is 0 Å². The Morgan fingerprint density at radius 3 is 2.20 bits per heavy atom. The Labute approximate surface area is 106 Å². The van der Waals surface area contributed by atoms with Crippen LogP contribution in [0.5, 0.6) is 0 Å². The Bertz CT molecular complexity index is 314. The molecule has 0 saturated carbocycles. The van der Waals surface area contributed by atoms with Crippen LogP contribution < -0.4 is 0 Å². The third-order valence-corrected chi connectivity index (χ3v) is 4.76. The van der Waals surface area contributed by atoms with E-state index in [9.17, 15) is 0 Å². The Morgan fingerprint density at radius 2 is 1.73 bits per heavy atom. The summed E-state index contributed by atoms with van der Waals surface area (Å²) in [5.74, 6) is 0. The zero-order valence-electron chi connectivity index (χ0n) is 8.35. The van der Waals surface area contributed by atoms with E-state index in [1.807, 2.05) is 6.08 Å². The minimum Gasteiger partial charge on any atom is -0.126 e. The van der Waals surface area contributed by atoms with Gasteiger partial charge in [0.05, 0.1) is 0 Å². The molecule has 0 amide bonds. The predicted octanol–water partition coefficient (Wildman–Crippen LogP) is 4.92. The first-order valence-corrected chi connectivity index (χ1v) is 10.0. The van der Waals surface area contributed by atoms with Crippen molar-refractivity contribution in [3.8, 4) is 0 Å². The molecule has 0 N–H and O–H groups in total. The topological polar surface area (TPSA) is 0 Å². The highest BCUT2D eigenvalue weighted by atomic mass is 35.8. The Hall–Kier alpha value is 0.0469. The molecule has 0 heterocycles. The average Bonchev–Trinajstić information content (AvgIpc) is 2.17. The second-order valence-corrected chi connectivity index (χ2v) is 12.7. The van der Waals surface area contributed by atoms with Crippen LogP contribution in [0, 0.1) is 0 Å². The van der Waals surface area contributed by atoms with Crippen molar-refractivity contribution in [3.05, 3.63) is 42.0 Å². The summed E-state index contributed by atoms with van der Waals surface area (Å²) in [6.07, 6.45) is 3.74. The van der Waals surface area contributed by atoms with Crippen molar-refractivity contribution < 1.29 is 0 Å². The summed E-state index contributed by atoms with van der Waals surface area (Å²) in [6, 6.07) is 6.58. The smallest absolute Gasteiger partial charge is 0.126 e. The number of rotatable bonds is 5. The molecule has 15 heavy (non-hydrogen) atoms. The number of aryl methyl sites for hydroxylation is 1. The van der Waals surface area contributed by atoms with Gasteiger partial charge >= 0.3 is 6.00 Å². The zero-order chi connectivity index (χ0) is 11.3. The molecule has 82 valence electrons. The molecule has 1 aromatic carbocycles. The quantitative estimate of drug-likeness (QED) is 0.530. The van der Waals surface area contributed by atoms with E-state index in [-0.39, 0.29) is 0 Å². The third-order valence-electron chi connectivity index (χ3n) is 2.14. The van der Waals surface area contributed by atoms with Crippen molar-refractivity contribution in [1.29, 1.82) is 0 Å². The molecule has 0 aliphatic heterocycles. The first-order valence-electron chi connectivity index (χ1n) is 4.79. The fourth-order valence-corrected chi connectivity index (χ4v) is 3.09. The summed E-state index contributed by atoms with van der Waals surface area (Å²) in [4.78, 5) is 0. The maximum atomic E-state index is 5.80. The van der Waals surface area contributed by atoms with Crippen LogP contribution in [0.1, 0.15) is 17.5 Å². The van der Waals surface area contributed by atoms with Gasteiger partial charge in [0.2, 0.25) is 0 Å². The van der Waals surface area contributed by atoms with E-state index in [0.717, 1.165) is 24.4 Å². The second-order valence-electron chi connectivity index (χ2n) is 3.41. The molecule has 0 atom stereocenters. The first kappa shape index (κ1) is 13.1. The van der Waals surface area contributed by atoms with Crippen LogP contribution >= 0.6 is 33.2 Å². The Balaban J connectivity index is 2.41. The van der Waals surface area contributed by atoms with Crippen LogP contribution in [0.2, 0.25) is 6.04 Å². The normalized spacial score (nSPS) is 11.4. The summed E-state index contributed by atoms with van der Waals surface area (Å²) < 4.78 is 0. The zero-order valence-corrected chi connectivity index (χ0v) is 11.6. The SMILES string of the molecule is C=Cc1ccc(CCC[Si](Cl)(Cl)Cl)cc1. The summed E-state index contributed by atoms with van der Waals surface area (Å²) in [6.45, 7) is 3.71. The highest BCUT2D eigenvalue weighted by molar-refractivity contribution is 7.64. The van der Waals surface area contributed by atoms with Crippen molar-refractivity contribution in [2.45, 2.75) is 18.9 Å². The molecule has 0 spiro atoms. The van der Waals surface area contributed by atoms with Crippen LogP contribution in [0.25, 0.3) is 6.08 Å². The van der Waals surface area contributed by atoms with Crippen LogP contribution in [0.15, 0.2) is 30.8 Å². The highest BCUT2D eigenvalue weighted by Gasteiger charge is 2.23. The predicted molar refractivity (Wildman–Crippen MR) is 73.0 cm³/mol. The van der Waals surface area contributed by atoms with E-state index in [1.54, 1.807) is 0 Å². The van der Waals surface area contributed by atoms with Gasteiger partial charge < -0.3 is 0 Å². The minimum absolute atomic E-state index is 0.723. The molecule has 0 saturated heterocycles. The fourth-order valence-electron chi connectivity index (χ4n) is 1.31. The molecular weight excluding hydrogens is 267 g/mol. The van der Waals surface area contributed by atoms with Gasteiger partial charge in [0.15, 0.2) is 0 Å². The summed E-state index contributed by atoms with van der Waals surface area (Å²) in [5, 5.41) is 0. The largest absolute Gasteiger partial charge is 0.341 e. The van der Waals surface area contributed by atoms with Crippen LogP contribution in [0.3, 0.4) is 0 Å². The van der Waals surface area contributed by atoms with Gasteiger partial charge in [-0.15, -0.1) is 33.2 Å². The maximum Gasteiger partial charge on any atom is 0.341 e.